The molecule has 1 aromatic carbocycles. The lowest BCUT2D eigenvalue weighted by Crippen LogP contribution is -2.00. The van der Waals surface area contributed by atoms with Gasteiger partial charge in [-0.15, -0.1) is 10.2 Å². The number of rotatable bonds is 5. The molecule has 0 bridgehead atoms. The first kappa shape index (κ1) is 13.3. The Kier molecular flexibility index (Phi) is 4.34. The van der Waals surface area contributed by atoms with Crippen molar-refractivity contribution in [1.82, 2.24) is 10.2 Å². The summed E-state index contributed by atoms with van der Waals surface area (Å²) in [5, 5.41) is 11.5. The minimum Gasteiger partial charge on any atom is -0.494 e. The highest BCUT2D eigenvalue weighted by Crippen LogP contribution is 2.25. The Morgan fingerprint density at radius 3 is 2.53 bits per heavy atom. The van der Waals surface area contributed by atoms with E-state index < -0.39 is 0 Å². The van der Waals surface area contributed by atoms with Crippen LogP contribution >= 0.6 is 0 Å². The van der Waals surface area contributed by atoms with Crippen molar-refractivity contribution in [2.24, 2.45) is 0 Å². The second kappa shape index (κ2) is 6.18. The van der Waals surface area contributed by atoms with Crippen LogP contribution in [0.2, 0.25) is 0 Å². The molecule has 19 heavy (non-hydrogen) atoms. The highest BCUT2D eigenvalue weighted by molar-refractivity contribution is 5.62. The van der Waals surface area contributed by atoms with Crippen molar-refractivity contribution in [2.75, 3.05) is 18.5 Å². The molecule has 0 spiro atoms. The molecule has 0 aliphatic rings. The van der Waals surface area contributed by atoms with Gasteiger partial charge in [0, 0.05) is 12.1 Å². The maximum Gasteiger partial charge on any atom is 0.148 e. The fourth-order valence-electron chi connectivity index (χ4n) is 1.89. The summed E-state index contributed by atoms with van der Waals surface area (Å²) in [5.41, 5.74) is 3.03. The Balaban J connectivity index is 2.24. The van der Waals surface area contributed by atoms with Gasteiger partial charge in [0.1, 0.15) is 11.6 Å². The highest BCUT2D eigenvalue weighted by atomic mass is 16.5. The molecule has 0 atom stereocenters. The molecular weight excluding hydrogens is 238 g/mol. The van der Waals surface area contributed by atoms with Crippen molar-refractivity contribution in [3.63, 3.8) is 0 Å². The quantitative estimate of drug-likeness (QED) is 0.893. The molecule has 0 unspecified atom stereocenters. The van der Waals surface area contributed by atoms with Crippen LogP contribution in [0.25, 0.3) is 11.3 Å². The lowest BCUT2D eigenvalue weighted by Gasteiger charge is -2.09. The molecule has 4 heteroatoms. The van der Waals surface area contributed by atoms with Crippen LogP contribution in [-0.4, -0.2) is 23.3 Å². The van der Waals surface area contributed by atoms with E-state index in [1.807, 2.05) is 45.0 Å². The highest BCUT2D eigenvalue weighted by Gasteiger charge is 2.04. The van der Waals surface area contributed by atoms with Gasteiger partial charge in [-0.3, -0.25) is 0 Å². The number of nitrogens with one attached hydrogen (secondary N) is 1. The van der Waals surface area contributed by atoms with E-state index in [9.17, 15) is 0 Å². The first-order valence-electron chi connectivity index (χ1n) is 6.56. The Morgan fingerprint density at radius 2 is 1.95 bits per heavy atom. The Bertz CT molecular complexity index is 538. The predicted octanol–water partition coefficient (Wildman–Crippen LogP) is 3.28. The molecule has 0 fully saturated rings. The SMILES string of the molecule is CCNc1ccc(-c2ccc(OCC)c(C)c2)nn1. The van der Waals surface area contributed by atoms with E-state index >= 15 is 0 Å². The maximum absolute atomic E-state index is 5.53. The van der Waals surface area contributed by atoms with Crippen molar-refractivity contribution >= 4 is 5.82 Å². The van der Waals surface area contributed by atoms with Crippen molar-refractivity contribution < 1.29 is 4.74 Å². The normalized spacial score (nSPS) is 10.3. The van der Waals surface area contributed by atoms with E-state index in [4.69, 9.17) is 4.74 Å². The van der Waals surface area contributed by atoms with Crippen molar-refractivity contribution in [2.45, 2.75) is 20.8 Å². The first-order valence-corrected chi connectivity index (χ1v) is 6.56. The lowest BCUT2D eigenvalue weighted by atomic mass is 10.1. The maximum atomic E-state index is 5.53. The van der Waals surface area contributed by atoms with Crippen LogP contribution in [0.4, 0.5) is 5.82 Å². The van der Waals surface area contributed by atoms with Crippen molar-refractivity contribution in [1.29, 1.82) is 0 Å². The van der Waals surface area contributed by atoms with Gasteiger partial charge in [0.05, 0.1) is 12.3 Å². The first-order chi connectivity index (χ1) is 9.24. The predicted molar refractivity (Wildman–Crippen MR) is 77.5 cm³/mol. The Morgan fingerprint density at radius 1 is 1.11 bits per heavy atom. The topological polar surface area (TPSA) is 47.0 Å². The molecule has 0 radical (unpaired) electrons. The van der Waals surface area contributed by atoms with Crippen LogP contribution in [0, 0.1) is 6.92 Å². The molecule has 2 aromatic rings. The standard InChI is InChI=1S/C15H19N3O/c1-4-16-15-9-7-13(17-18-15)12-6-8-14(19-5-2)11(3)10-12/h6-10H,4-5H2,1-3H3,(H,16,18). The summed E-state index contributed by atoms with van der Waals surface area (Å²) >= 11 is 0. The van der Waals surface area contributed by atoms with Gasteiger partial charge in [-0.2, -0.15) is 0 Å². The van der Waals surface area contributed by atoms with E-state index in [1.165, 1.54) is 0 Å². The van der Waals surface area contributed by atoms with Crippen molar-refractivity contribution in [3.05, 3.63) is 35.9 Å². The van der Waals surface area contributed by atoms with Gasteiger partial charge in [-0.1, -0.05) is 0 Å². The van der Waals surface area contributed by atoms with Crippen LogP contribution in [0.3, 0.4) is 0 Å². The minimum atomic E-state index is 0.678. The van der Waals surface area contributed by atoms with Crippen LogP contribution in [0.1, 0.15) is 19.4 Å². The fraction of sp³-hybridized carbons (Fsp3) is 0.333. The number of anilines is 1. The van der Waals surface area contributed by atoms with Gasteiger partial charge >= 0.3 is 0 Å². The number of nitrogens with zero attached hydrogens (tertiary/aromatic N) is 2. The number of aromatic nitrogens is 2. The van der Waals surface area contributed by atoms with Gasteiger partial charge in [0.15, 0.2) is 0 Å². The number of hydrogen-bond acceptors (Lipinski definition) is 4. The molecule has 1 aromatic heterocycles. The summed E-state index contributed by atoms with van der Waals surface area (Å²) in [6.45, 7) is 7.58. The monoisotopic (exact) mass is 257 g/mol. The van der Waals surface area contributed by atoms with Crippen LogP contribution in [0.5, 0.6) is 5.75 Å². The summed E-state index contributed by atoms with van der Waals surface area (Å²) in [6.07, 6.45) is 0. The van der Waals surface area contributed by atoms with E-state index in [1.54, 1.807) is 0 Å². The average Bonchev–Trinajstić information content (AvgIpc) is 2.43. The van der Waals surface area contributed by atoms with E-state index in [2.05, 4.69) is 21.6 Å². The zero-order valence-corrected chi connectivity index (χ0v) is 11.6. The number of hydrogen-bond donors (Lipinski definition) is 1. The fourth-order valence-corrected chi connectivity index (χ4v) is 1.89. The van der Waals surface area contributed by atoms with Gasteiger partial charge in [0.25, 0.3) is 0 Å². The zero-order chi connectivity index (χ0) is 13.7. The zero-order valence-electron chi connectivity index (χ0n) is 11.6. The molecule has 100 valence electrons. The molecule has 0 aliphatic heterocycles. The number of ether oxygens (including phenoxy) is 1. The Labute approximate surface area is 113 Å². The largest absolute Gasteiger partial charge is 0.494 e. The summed E-state index contributed by atoms with van der Waals surface area (Å²) in [5.74, 6) is 1.72. The average molecular weight is 257 g/mol. The second-order valence-electron chi connectivity index (χ2n) is 4.25. The molecule has 4 nitrogen and oxygen atoms in total. The van der Waals surface area contributed by atoms with Crippen LogP contribution < -0.4 is 10.1 Å². The third-order valence-corrected chi connectivity index (χ3v) is 2.79. The lowest BCUT2D eigenvalue weighted by molar-refractivity contribution is 0.338. The van der Waals surface area contributed by atoms with Gasteiger partial charge in [-0.25, -0.2) is 0 Å². The molecule has 0 saturated carbocycles. The molecule has 1 N–H and O–H groups in total. The third-order valence-electron chi connectivity index (χ3n) is 2.79. The van der Waals surface area contributed by atoms with Crippen LogP contribution in [0.15, 0.2) is 30.3 Å². The molecule has 0 aliphatic carbocycles. The van der Waals surface area contributed by atoms with Gasteiger partial charge in [0.2, 0.25) is 0 Å². The molecule has 0 saturated heterocycles. The minimum absolute atomic E-state index is 0.678. The molecule has 1 heterocycles. The van der Waals surface area contributed by atoms with Crippen molar-refractivity contribution in [3.8, 4) is 17.0 Å². The smallest absolute Gasteiger partial charge is 0.148 e. The van der Waals surface area contributed by atoms with E-state index in [0.717, 1.165) is 34.9 Å². The molecular formula is C15H19N3O. The van der Waals surface area contributed by atoms with Crippen LogP contribution in [-0.2, 0) is 0 Å². The van der Waals surface area contributed by atoms with Gasteiger partial charge in [-0.05, 0) is 56.7 Å². The summed E-state index contributed by atoms with van der Waals surface area (Å²) in [7, 11) is 0. The third kappa shape index (κ3) is 3.22. The van der Waals surface area contributed by atoms with Gasteiger partial charge < -0.3 is 10.1 Å². The Hall–Kier alpha value is -2.10. The summed E-state index contributed by atoms with van der Waals surface area (Å²) < 4.78 is 5.53. The van der Waals surface area contributed by atoms with E-state index in [-0.39, 0.29) is 0 Å². The molecule has 0 amide bonds. The number of benzene rings is 1. The second-order valence-corrected chi connectivity index (χ2v) is 4.25. The summed E-state index contributed by atoms with van der Waals surface area (Å²) in [6, 6.07) is 9.97. The summed E-state index contributed by atoms with van der Waals surface area (Å²) in [4.78, 5) is 0. The molecule has 2 rings (SSSR count). The van der Waals surface area contributed by atoms with E-state index in [0.29, 0.717) is 6.61 Å². The number of aryl methyl sites for hydroxylation is 1.